The summed E-state index contributed by atoms with van der Waals surface area (Å²) < 4.78 is 0. The molecule has 0 heterocycles. The van der Waals surface area contributed by atoms with Gasteiger partial charge in [-0.25, -0.2) is 0 Å². The second-order valence-electron chi connectivity index (χ2n) is 13.1. The third kappa shape index (κ3) is 14.8. The Balaban J connectivity index is 2.24. The lowest BCUT2D eigenvalue weighted by atomic mass is 9.82. The maximum atomic E-state index is 13.9. The van der Waals surface area contributed by atoms with Crippen LogP contribution in [0.1, 0.15) is 97.0 Å². The zero-order valence-electron chi connectivity index (χ0n) is 29.8. The Hall–Kier alpha value is -3.37. The van der Waals surface area contributed by atoms with E-state index in [1.165, 1.54) is 6.42 Å². The highest BCUT2D eigenvalue weighted by atomic mass is 16.3. The topological polar surface area (TPSA) is 122 Å². The summed E-state index contributed by atoms with van der Waals surface area (Å²) in [5.41, 5.74) is 0.917. The maximum absolute atomic E-state index is 13.9. The Morgan fingerprint density at radius 2 is 1.69 bits per heavy atom. The van der Waals surface area contributed by atoms with Gasteiger partial charge < -0.3 is 30.6 Å². The monoisotopic (exact) mass is 664 g/mol. The normalized spacial score (nSPS) is 16.4. The number of likely N-dealkylation sites (N-methyl/N-ethyl adjacent to an activating group) is 2. The van der Waals surface area contributed by atoms with Crippen molar-refractivity contribution in [1.82, 2.24) is 20.4 Å². The molecule has 1 aromatic carbocycles. The average Bonchev–Trinajstić information content (AvgIpc) is 3.10. The molecule has 48 heavy (non-hydrogen) atoms. The molecule has 9 heteroatoms. The molecule has 0 spiro atoms. The van der Waals surface area contributed by atoms with E-state index >= 15 is 0 Å². The Kier molecular flexibility index (Phi) is 19.6. The van der Waals surface area contributed by atoms with Crippen LogP contribution in [0.15, 0.2) is 30.3 Å². The van der Waals surface area contributed by atoms with Crippen LogP contribution in [0.3, 0.4) is 0 Å². The number of amides is 3. The van der Waals surface area contributed by atoms with E-state index < -0.39 is 42.0 Å². The predicted molar refractivity (Wildman–Crippen MR) is 191 cm³/mol. The van der Waals surface area contributed by atoms with E-state index in [9.17, 15) is 24.6 Å². The fraction of sp³-hybridized carbons (Fsp3) is 0.667. The minimum atomic E-state index is -1.18. The minimum absolute atomic E-state index is 0.00383. The number of aliphatic hydroxyl groups excluding tert-OH is 2. The van der Waals surface area contributed by atoms with Gasteiger partial charge in [-0.05, 0) is 57.2 Å². The number of hydrogen-bond donors (Lipinski definition) is 4. The Labute approximate surface area is 289 Å². The minimum Gasteiger partial charge on any atom is -0.390 e. The lowest BCUT2D eigenvalue weighted by Gasteiger charge is -2.33. The second-order valence-corrected chi connectivity index (χ2v) is 13.1. The molecule has 1 fully saturated rings. The number of carbonyl (C=O) groups excluding carboxylic acids is 3. The third-order valence-electron chi connectivity index (χ3n) is 9.57. The number of nitrogens with one attached hydrogen (secondary N) is 2. The number of hydrogen-bond acceptors (Lipinski definition) is 6. The summed E-state index contributed by atoms with van der Waals surface area (Å²) >= 11 is 0. The summed E-state index contributed by atoms with van der Waals surface area (Å²) in [5, 5.41) is 27.9. The zero-order valence-corrected chi connectivity index (χ0v) is 29.8. The zero-order chi connectivity index (χ0) is 35.3. The van der Waals surface area contributed by atoms with Crippen molar-refractivity contribution >= 4 is 17.7 Å². The van der Waals surface area contributed by atoms with E-state index in [1.54, 1.807) is 18.9 Å². The van der Waals surface area contributed by atoms with Crippen LogP contribution in [-0.2, 0) is 20.8 Å². The lowest BCUT2D eigenvalue weighted by Crippen LogP contribution is -2.56. The molecule has 266 valence electrons. The molecule has 0 aromatic heterocycles. The summed E-state index contributed by atoms with van der Waals surface area (Å²) in [6.45, 7) is 8.93. The van der Waals surface area contributed by atoms with Crippen LogP contribution in [0.25, 0.3) is 0 Å². The fourth-order valence-electron chi connectivity index (χ4n) is 6.38. The van der Waals surface area contributed by atoms with Gasteiger partial charge in [-0.15, -0.1) is 24.2 Å². The van der Waals surface area contributed by atoms with Crippen molar-refractivity contribution in [1.29, 1.82) is 0 Å². The summed E-state index contributed by atoms with van der Waals surface area (Å²) in [6.07, 6.45) is 10.8. The van der Waals surface area contributed by atoms with Gasteiger partial charge in [0.15, 0.2) is 0 Å². The molecule has 3 amide bonds. The first-order valence-electron chi connectivity index (χ1n) is 17.9. The fourth-order valence-corrected chi connectivity index (χ4v) is 6.38. The third-order valence-corrected chi connectivity index (χ3v) is 9.57. The number of aliphatic hydroxyl groups is 2. The molecule has 0 unspecified atom stereocenters. The van der Waals surface area contributed by atoms with Crippen LogP contribution in [0.5, 0.6) is 0 Å². The smallest absolute Gasteiger partial charge is 0.243 e. The van der Waals surface area contributed by atoms with Crippen LogP contribution >= 0.6 is 0 Å². The maximum Gasteiger partial charge on any atom is 0.243 e. The Morgan fingerprint density at radius 1 is 1.00 bits per heavy atom. The standard InChI is InChI=1S/C39H60N4O5/c1-6-10-14-24-35(44)37(46)34(28-31-21-17-13-18-22-31)41-39(48)33(23-11-7-2)40-38(47)32(27-30-19-15-12-16-20-30)29-36(45)42(5)25-26-43(8-3)9-4/h1,12,15-16,19-20,31-35,37,44,46H,8-10,13-14,17-18,21-29H2,2-5H3,(H,40,47)(H,41,48)/t32-,33-,34-,35-,37+/m0/s1. The van der Waals surface area contributed by atoms with E-state index in [2.05, 4.69) is 47.1 Å². The molecular formula is C39H60N4O5. The molecular weight excluding hydrogens is 604 g/mol. The van der Waals surface area contributed by atoms with Crippen LogP contribution in [0, 0.1) is 36.0 Å². The van der Waals surface area contributed by atoms with E-state index in [4.69, 9.17) is 6.42 Å². The number of terminal acetylenes is 1. The van der Waals surface area contributed by atoms with Crippen molar-refractivity contribution in [3.8, 4) is 24.2 Å². The van der Waals surface area contributed by atoms with Crippen molar-refractivity contribution in [3.63, 3.8) is 0 Å². The molecule has 0 bridgehead atoms. The molecule has 1 aliphatic rings. The largest absolute Gasteiger partial charge is 0.390 e. The highest BCUT2D eigenvalue weighted by molar-refractivity contribution is 5.91. The van der Waals surface area contributed by atoms with Crippen molar-refractivity contribution in [2.75, 3.05) is 33.2 Å². The first-order valence-corrected chi connectivity index (χ1v) is 17.9. The van der Waals surface area contributed by atoms with Gasteiger partial charge in [-0.2, -0.15) is 0 Å². The Morgan fingerprint density at radius 3 is 2.31 bits per heavy atom. The molecule has 1 aromatic rings. The van der Waals surface area contributed by atoms with Crippen molar-refractivity contribution in [2.24, 2.45) is 11.8 Å². The van der Waals surface area contributed by atoms with Crippen LogP contribution in [0.4, 0.5) is 0 Å². The average molecular weight is 665 g/mol. The number of benzene rings is 1. The van der Waals surface area contributed by atoms with Gasteiger partial charge in [0.1, 0.15) is 6.04 Å². The molecule has 0 radical (unpaired) electrons. The predicted octanol–water partition coefficient (Wildman–Crippen LogP) is 3.91. The van der Waals surface area contributed by atoms with Gasteiger partial charge >= 0.3 is 0 Å². The molecule has 0 aliphatic heterocycles. The highest BCUT2D eigenvalue weighted by Crippen LogP contribution is 2.29. The molecule has 2 rings (SSSR count). The van der Waals surface area contributed by atoms with E-state index in [-0.39, 0.29) is 18.7 Å². The lowest BCUT2D eigenvalue weighted by molar-refractivity contribution is -0.137. The summed E-state index contributed by atoms with van der Waals surface area (Å²) in [6, 6.07) is 7.85. The number of rotatable bonds is 21. The molecule has 1 saturated carbocycles. The quantitative estimate of drug-likeness (QED) is 0.117. The number of nitrogens with zero attached hydrogens (tertiary/aromatic N) is 2. The Bertz CT molecular complexity index is 1200. The summed E-state index contributed by atoms with van der Waals surface area (Å²) in [4.78, 5) is 45.0. The number of unbranched alkanes of at least 4 members (excludes halogenated alkanes) is 1. The second kappa shape index (κ2) is 23.1. The molecule has 9 nitrogen and oxygen atoms in total. The van der Waals surface area contributed by atoms with Gasteiger partial charge in [0, 0.05) is 39.4 Å². The first kappa shape index (κ1) is 40.8. The van der Waals surface area contributed by atoms with Gasteiger partial charge in [0.25, 0.3) is 0 Å². The number of carbonyl (C=O) groups is 3. The molecule has 4 N–H and O–H groups in total. The van der Waals surface area contributed by atoms with Crippen molar-refractivity contribution < 1.29 is 24.6 Å². The molecule has 0 saturated heterocycles. The van der Waals surface area contributed by atoms with Crippen molar-refractivity contribution in [2.45, 2.75) is 122 Å². The first-order chi connectivity index (χ1) is 23.1. The van der Waals surface area contributed by atoms with E-state index in [1.807, 2.05) is 30.3 Å². The SMILES string of the molecule is C#CCCC[C@H](O)[C@H](O)[C@H](CC1CCCCC1)NC(=O)[C@H](CC#CC)NC(=O)[C@H](CC(=O)N(C)CCN(CC)CC)Cc1ccccc1. The van der Waals surface area contributed by atoms with Crippen LogP contribution in [0.2, 0.25) is 0 Å². The summed E-state index contributed by atoms with van der Waals surface area (Å²) in [7, 11) is 1.76. The van der Waals surface area contributed by atoms with Gasteiger partial charge in [0.05, 0.1) is 24.2 Å². The highest BCUT2D eigenvalue weighted by Gasteiger charge is 2.34. The van der Waals surface area contributed by atoms with E-state index in [0.29, 0.717) is 44.6 Å². The summed E-state index contributed by atoms with van der Waals surface area (Å²) in [5.74, 6) is 6.90. The van der Waals surface area contributed by atoms with Crippen LogP contribution in [-0.4, -0.2) is 95.3 Å². The van der Waals surface area contributed by atoms with Crippen LogP contribution < -0.4 is 10.6 Å². The van der Waals surface area contributed by atoms with Gasteiger partial charge in [0.2, 0.25) is 17.7 Å². The van der Waals surface area contributed by atoms with Crippen molar-refractivity contribution in [3.05, 3.63) is 35.9 Å². The molecule has 1 aliphatic carbocycles. The van der Waals surface area contributed by atoms with E-state index in [0.717, 1.165) is 50.9 Å². The van der Waals surface area contributed by atoms with Gasteiger partial charge in [-0.1, -0.05) is 76.3 Å². The molecule has 5 atom stereocenters. The van der Waals surface area contributed by atoms with Gasteiger partial charge in [-0.3, -0.25) is 14.4 Å².